The maximum absolute atomic E-state index is 12.2. The maximum atomic E-state index is 12.2. The molecule has 1 heterocycles. The van der Waals surface area contributed by atoms with E-state index in [1.165, 1.54) is 0 Å². The van der Waals surface area contributed by atoms with Gasteiger partial charge >= 0.3 is 5.97 Å². The van der Waals surface area contributed by atoms with Crippen molar-refractivity contribution in [1.82, 2.24) is 0 Å². The fourth-order valence-electron chi connectivity index (χ4n) is 3.02. The molecule has 21 heavy (non-hydrogen) atoms. The summed E-state index contributed by atoms with van der Waals surface area (Å²) in [6.45, 7) is 0. The van der Waals surface area contributed by atoms with Gasteiger partial charge < -0.3 is 9.84 Å². The van der Waals surface area contributed by atoms with E-state index < -0.39 is 11.4 Å². The van der Waals surface area contributed by atoms with Gasteiger partial charge in [-0.1, -0.05) is 52.3 Å². The number of hydrogen-bond donors (Lipinski definition) is 1. The standard InChI is InChI=1S/C17H15BrO3/c18-11-5-10-17(16(19)20)12-6-1-3-8-14(12)21-15-9-4-2-7-13(15)17/h1-4,6-9H,5,10-11H2,(H,19,20). The van der Waals surface area contributed by atoms with Gasteiger partial charge in [-0.05, 0) is 25.0 Å². The Morgan fingerprint density at radius 2 is 1.57 bits per heavy atom. The highest BCUT2D eigenvalue weighted by atomic mass is 79.9. The first-order valence-electron chi connectivity index (χ1n) is 6.86. The molecule has 0 aliphatic carbocycles. The average Bonchev–Trinajstić information content (AvgIpc) is 2.51. The van der Waals surface area contributed by atoms with E-state index in [0.717, 1.165) is 22.9 Å². The SMILES string of the molecule is O=C(O)C1(CCCBr)c2ccccc2Oc2ccccc21. The van der Waals surface area contributed by atoms with Crippen LogP contribution in [0.5, 0.6) is 11.5 Å². The zero-order valence-electron chi connectivity index (χ0n) is 11.4. The van der Waals surface area contributed by atoms with Gasteiger partial charge in [0.2, 0.25) is 0 Å². The molecule has 0 radical (unpaired) electrons. The second kappa shape index (κ2) is 5.53. The molecule has 0 spiro atoms. The second-order valence-corrected chi connectivity index (χ2v) is 5.89. The number of ether oxygens (including phenoxy) is 1. The minimum atomic E-state index is -1.04. The molecule has 0 aromatic heterocycles. The van der Waals surface area contributed by atoms with Crippen molar-refractivity contribution in [3.8, 4) is 11.5 Å². The van der Waals surface area contributed by atoms with Crippen molar-refractivity contribution in [2.75, 3.05) is 5.33 Å². The first-order valence-corrected chi connectivity index (χ1v) is 7.98. The molecule has 0 bridgehead atoms. The number of para-hydroxylation sites is 2. The first-order chi connectivity index (χ1) is 10.2. The third-order valence-corrected chi connectivity index (χ3v) is 4.52. The third kappa shape index (κ3) is 2.14. The van der Waals surface area contributed by atoms with Crippen molar-refractivity contribution >= 4 is 21.9 Å². The van der Waals surface area contributed by atoms with Crippen LogP contribution >= 0.6 is 15.9 Å². The summed E-state index contributed by atoms with van der Waals surface area (Å²) < 4.78 is 5.89. The van der Waals surface area contributed by atoms with E-state index in [-0.39, 0.29) is 0 Å². The van der Waals surface area contributed by atoms with Gasteiger partial charge in [-0.2, -0.15) is 0 Å². The molecule has 3 rings (SSSR count). The number of carbonyl (C=O) groups is 1. The lowest BCUT2D eigenvalue weighted by atomic mass is 9.69. The fraction of sp³-hybridized carbons (Fsp3) is 0.235. The first kappa shape index (κ1) is 14.1. The Labute approximate surface area is 131 Å². The highest BCUT2D eigenvalue weighted by molar-refractivity contribution is 9.09. The van der Waals surface area contributed by atoms with Crippen LogP contribution in [-0.2, 0) is 10.2 Å². The highest BCUT2D eigenvalue weighted by Gasteiger charge is 2.47. The average molecular weight is 347 g/mol. The van der Waals surface area contributed by atoms with Crippen molar-refractivity contribution in [2.24, 2.45) is 0 Å². The van der Waals surface area contributed by atoms with Crippen molar-refractivity contribution in [3.05, 3.63) is 59.7 Å². The lowest BCUT2D eigenvalue weighted by molar-refractivity contribution is -0.142. The number of alkyl halides is 1. The van der Waals surface area contributed by atoms with Crippen molar-refractivity contribution < 1.29 is 14.6 Å². The number of benzene rings is 2. The zero-order valence-corrected chi connectivity index (χ0v) is 13.0. The fourth-order valence-corrected chi connectivity index (χ4v) is 3.30. The van der Waals surface area contributed by atoms with Crippen LogP contribution in [0.25, 0.3) is 0 Å². The van der Waals surface area contributed by atoms with Crippen LogP contribution < -0.4 is 4.74 Å². The zero-order chi connectivity index (χ0) is 14.9. The monoisotopic (exact) mass is 346 g/mol. The molecule has 0 amide bonds. The Balaban J connectivity index is 2.28. The van der Waals surface area contributed by atoms with Gasteiger partial charge in [-0.25, -0.2) is 0 Å². The van der Waals surface area contributed by atoms with E-state index in [1.807, 2.05) is 48.5 Å². The smallest absolute Gasteiger partial charge is 0.318 e. The summed E-state index contributed by atoms with van der Waals surface area (Å²) in [5.74, 6) is 0.438. The predicted octanol–water partition coefficient (Wildman–Crippen LogP) is 4.34. The van der Waals surface area contributed by atoms with Crippen LogP contribution in [0.2, 0.25) is 0 Å². The molecule has 0 saturated carbocycles. The van der Waals surface area contributed by atoms with E-state index in [1.54, 1.807) is 0 Å². The summed E-state index contributed by atoms with van der Waals surface area (Å²) in [5.41, 5.74) is 0.424. The van der Waals surface area contributed by atoms with Crippen LogP contribution in [0.1, 0.15) is 24.0 Å². The Bertz CT molecular complexity index is 636. The molecule has 0 atom stereocenters. The third-order valence-electron chi connectivity index (χ3n) is 3.96. The summed E-state index contributed by atoms with van der Waals surface area (Å²) in [5, 5.41) is 10.8. The summed E-state index contributed by atoms with van der Waals surface area (Å²) >= 11 is 3.41. The van der Waals surface area contributed by atoms with Crippen molar-refractivity contribution in [1.29, 1.82) is 0 Å². The molecule has 0 saturated heterocycles. The Kier molecular flexibility index (Phi) is 3.72. The molecule has 0 unspecified atom stereocenters. The maximum Gasteiger partial charge on any atom is 0.318 e. The number of fused-ring (bicyclic) bond motifs is 2. The largest absolute Gasteiger partial charge is 0.480 e. The van der Waals surface area contributed by atoms with E-state index in [9.17, 15) is 9.90 Å². The normalized spacial score (nSPS) is 14.7. The van der Waals surface area contributed by atoms with Crippen molar-refractivity contribution in [2.45, 2.75) is 18.3 Å². The minimum absolute atomic E-state index is 0.533. The molecule has 1 aliphatic rings. The molecule has 3 nitrogen and oxygen atoms in total. The van der Waals surface area contributed by atoms with Crippen LogP contribution in [0.3, 0.4) is 0 Å². The lowest BCUT2D eigenvalue weighted by Crippen LogP contribution is -2.39. The van der Waals surface area contributed by atoms with Crippen LogP contribution in [-0.4, -0.2) is 16.4 Å². The number of hydrogen-bond acceptors (Lipinski definition) is 2. The number of carboxylic acid groups (broad SMARTS) is 1. The second-order valence-electron chi connectivity index (χ2n) is 5.10. The predicted molar refractivity (Wildman–Crippen MR) is 84.4 cm³/mol. The number of carboxylic acids is 1. The number of aliphatic carboxylic acids is 1. The van der Waals surface area contributed by atoms with Gasteiger partial charge in [0.05, 0.1) is 0 Å². The number of rotatable bonds is 4. The van der Waals surface area contributed by atoms with E-state index in [2.05, 4.69) is 15.9 Å². The summed E-state index contributed by atoms with van der Waals surface area (Å²) in [6, 6.07) is 14.8. The molecule has 108 valence electrons. The Morgan fingerprint density at radius 1 is 1.05 bits per heavy atom. The van der Waals surface area contributed by atoms with Gasteiger partial charge in [-0.15, -0.1) is 0 Å². The quantitative estimate of drug-likeness (QED) is 0.837. The van der Waals surface area contributed by atoms with E-state index >= 15 is 0 Å². The summed E-state index contributed by atoms with van der Waals surface area (Å²) in [6.07, 6.45) is 1.31. The minimum Gasteiger partial charge on any atom is -0.480 e. The molecular weight excluding hydrogens is 332 g/mol. The van der Waals surface area contributed by atoms with E-state index in [4.69, 9.17) is 4.74 Å². The van der Waals surface area contributed by atoms with E-state index in [0.29, 0.717) is 17.9 Å². The van der Waals surface area contributed by atoms with Crippen molar-refractivity contribution in [3.63, 3.8) is 0 Å². The summed E-state index contributed by atoms with van der Waals surface area (Å²) in [4.78, 5) is 12.2. The highest BCUT2D eigenvalue weighted by Crippen LogP contribution is 2.50. The lowest BCUT2D eigenvalue weighted by Gasteiger charge is -2.36. The molecule has 2 aromatic carbocycles. The molecule has 4 heteroatoms. The molecule has 2 aromatic rings. The van der Waals surface area contributed by atoms with Gasteiger partial charge in [-0.3, -0.25) is 4.79 Å². The summed E-state index contributed by atoms with van der Waals surface area (Å²) in [7, 11) is 0. The van der Waals surface area contributed by atoms with Crippen LogP contribution in [0.4, 0.5) is 0 Å². The topological polar surface area (TPSA) is 46.5 Å². The van der Waals surface area contributed by atoms with Gasteiger partial charge in [0.1, 0.15) is 16.9 Å². The van der Waals surface area contributed by atoms with Crippen LogP contribution in [0.15, 0.2) is 48.5 Å². The molecule has 1 aliphatic heterocycles. The van der Waals surface area contributed by atoms with Crippen LogP contribution in [0, 0.1) is 0 Å². The van der Waals surface area contributed by atoms with Gasteiger partial charge in [0.25, 0.3) is 0 Å². The Hall–Kier alpha value is -1.81. The molecule has 0 fully saturated rings. The van der Waals surface area contributed by atoms with Gasteiger partial charge in [0.15, 0.2) is 0 Å². The molecule has 1 N–H and O–H groups in total. The Morgan fingerprint density at radius 3 is 2.05 bits per heavy atom. The number of halogens is 1. The molecular formula is C17H15BrO3. The van der Waals surface area contributed by atoms with Gasteiger partial charge in [0, 0.05) is 16.5 Å².